The van der Waals surface area contributed by atoms with Gasteiger partial charge in [0, 0.05) is 48.1 Å². The van der Waals surface area contributed by atoms with E-state index in [1.165, 1.54) is 19.3 Å². The summed E-state index contributed by atoms with van der Waals surface area (Å²) in [5, 5.41) is 5.54. The first-order chi connectivity index (χ1) is 19.9. The molecule has 2 aliphatic heterocycles. The highest BCUT2D eigenvalue weighted by Crippen LogP contribution is 2.39. The Morgan fingerprint density at radius 3 is 2.29 bits per heavy atom. The molecule has 214 valence electrons. The predicted molar refractivity (Wildman–Crippen MR) is 154 cm³/mol. The van der Waals surface area contributed by atoms with Crippen molar-refractivity contribution < 1.29 is 19.1 Å². The smallest absolute Gasteiger partial charge is 0.323 e. The number of rotatable bonds is 7. The second-order valence-electron chi connectivity index (χ2n) is 10.7. The molecule has 1 saturated carbocycles. The summed E-state index contributed by atoms with van der Waals surface area (Å²) in [6, 6.07) is 14.1. The molecular formula is C29H34N8O4. The molecule has 41 heavy (non-hydrogen) atoms. The molecule has 12 nitrogen and oxygen atoms in total. The van der Waals surface area contributed by atoms with E-state index in [4.69, 9.17) is 30.2 Å². The highest BCUT2D eigenvalue weighted by atomic mass is 16.5. The Labute approximate surface area is 238 Å². The first-order valence-electron chi connectivity index (χ1n) is 14.0. The number of carbonyl (C=O) groups is 2. The van der Waals surface area contributed by atoms with Crippen LogP contribution in [0.4, 0.5) is 22.1 Å². The second kappa shape index (κ2) is 11.7. The summed E-state index contributed by atoms with van der Waals surface area (Å²) in [5.74, 6) is 1.23. The number of hydrogen-bond acceptors (Lipinski definition) is 9. The normalized spacial score (nSPS) is 22.3. The van der Waals surface area contributed by atoms with Gasteiger partial charge in [-0.1, -0.05) is 0 Å². The highest BCUT2D eigenvalue weighted by molar-refractivity contribution is 6.00. The zero-order valence-electron chi connectivity index (χ0n) is 23.0. The van der Waals surface area contributed by atoms with Crippen LogP contribution in [0.5, 0.6) is 6.01 Å². The number of urea groups is 1. The van der Waals surface area contributed by atoms with Gasteiger partial charge in [-0.15, -0.1) is 0 Å². The van der Waals surface area contributed by atoms with E-state index in [1.54, 1.807) is 36.4 Å². The number of fused-ring (bicyclic) bond motifs is 2. The van der Waals surface area contributed by atoms with E-state index in [9.17, 15) is 9.59 Å². The van der Waals surface area contributed by atoms with Crippen LogP contribution >= 0.6 is 0 Å². The van der Waals surface area contributed by atoms with Crippen molar-refractivity contribution in [3.05, 3.63) is 54.1 Å². The minimum atomic E-state index is -0.525. The van der Waals surface area contributed by atoms with Gasteiger partial charge in [0.1, 0.15) is 0 Å². The molecule has 3 amide bonds. The number of morpholine rings is 1. The van der Waals surface area contributed by atoms with Gasteiger partial charge < -0.3 is 30.7 Å². The van der Waals surface area contributed by atoms with Gasteiger partial charge >= 0.3 is 12.0 Å². The van der Waals surface area contributed by atoms with Crippen LogP contribution in [-0.2, 0) is 4.74 Å². The van der Waals surface area contributed by atoms with Gasteiger partial charge in [-0.05, 0) is 80.8 Å². The molecule has 3 heterocycles. The van der Waals surface area contributed by atoms with Crippen molar-refractivity contribution in [2.75, 3.05) is 48.9 Å². The summed E-state index contributed by atoms with van der Waals surface area (Å²) in [4.78, 5) is 42.3. The number of nitrogens with one attached hydrogen (secondary N) is 2. The lowest BCUT2D eigenvalue weighted by atomic mass is 9.98. The SMILES string of the molecule is CN1C2CCC(C2)CC1Oc1nc(-c2ccc(NC(=O)Nc3ccc(C(N)=O)cc3)cc2)nc(N2CCOCC2)n1. The summed E-state index contributed by atoms with van der Waals surface area (Å²) in [6.07, 6.45) is 4.60. The van der Waals surface area contributed by atoms with Gasteiger partial charge in [0.25, 0.3) is 0 Å². The molecule has 6 rings (SSSR count). The summed E-state index contributed by atoms with van der Waals surface area (Å²) >= 11 is 0. The molecule has 2 aromatic carbocycles. The van der Waals surface area contributed by atoms with Crippen LogP contribution in [0, 0.1) is 5.92 Å². The first-order valence-corrected chi connectivity index (χ1v) is 14.0. The van der Waals surface area contributed by atoms with Crippen LogP contribution in [0.15, 0.2) is 48.5 Å². The minimum absolute atomic E-state index is 0.0638. The standard InChI is InChI=1S/C29H34N8O4/c1-36-23-11-2-18(16-23)17-24(36)41-29-34-26(33-27(35-29)37-12-14-40-15-13-37)20-5-9-22(10-6-20)32-28(39)31-21-7-3-19(4-8-21)25(30)38/h3-10,18,23-24H,2,11-17H2,1H3,(H2,30,38)(H2,31,32,39). The number of amides is 3. The Balaban J connectivity index is 1.18. The topological polar surface area (TPSA) is 148 Å². The predicted octanol–water partition coefficient (Wildman–Crippen LogP) is 3.33. The molecule has 3 aliphatic rings. The third-order valence-corrected chi connectivity index (χ3v) is 8.05. The van der Waals surface area contributed by atoms with Gasteiger partial charge in [-0.3, -0.25) is 9.69 Å². The van der Waals surface area contributed by atoms with E-state index in [2.05, 4.69) is 27.5 Å². The third-order valence-electron chi connectivity index (χ3n) is 8.05. The lowest BCUT2D eigenvalue weighted by Crippen LogP contribution is -2.46. The van der Waals surface area contributed by atoms with Gasteiger partial charge in [0.2, 0.25) is 11.9 Å². The first kappa shape index (κ1) is 26.9. The van der Waals surface area contributed by atoms with Crippen LogP contribution in [0.1, 0.15) is 36.0 Å². The van der Waals surface area contributed by atoms with E-state index in [-0.39, 0.29) is 6.23 Å². The van der Waals surface area contributed by atoms with Crippen LogP contribution in [0.2, 0.25) is 0 Å². The number of carbonyl (C=O) groups excluding carboxylic acids is 2. The zero-order valence-corrected chi connectivity index (χ0v) is 23.0. The molecule has 0 spiro atoms. The molecule has 2 saturated heterocycles. The van der Waals surface area contributed by atoms with E-state index < -0.39 is 11.9 Å². The number of ether oxygens (including phenoxy) is 2. The van der Waals surface area contributed by atoms with Crippen LogP contribution < -0.4 is 26.0 Å². The fourth-order valence-corrected chi connectivity index (χ4v) is 5.72. The van der Waals surface area contributed by atoms with Crippen LogP contribution in [0.25, 0.3) is 11.4 Å². The molecule has 4 N–H and O–H groups in total. The fourth-order valence-electron chi connectivity index (χ4n) is 5.72. The molecule has 3 aromatic rings. The minimum Gasteiger partial charge on any atom is -0.444 e. The maximum atomic E-state index is 12.5. The van der Waals surface area contributed by atoms with Crippen molar-refractivity contribution in [2.45, 2.75) is 38.0 Å². The van der Waals surface area contributed by atoms with E-state index >= 15 is 0 Å². The van der Waals surface area contributed by atoms with Crippen LogP contribution in [0.3, 0.4) is 0 Å². The summed E-state index contributed by atoms with van der Waals surface area (Å²) in [5.41, 5.74) is 7.54. The fraction of sp³-hybridized carbons (Fsp3) is 0.414. The Bertz CT molecular complexity index is 1390. The number of benzene rings is 2. The monoisotopic (exact) mass is 558 g/mol. The quantitative estimate of drug-likeness (QED) is 0.397. The average Bonchev–Trinajstić information content (AvgIpc) is 3.40. The molecular weight excluding hydrogens is 524 g/mol. The average molecular weight is 559 g/mol. The highest BCUT2D eigenvalue weighted by Gasteiger charge is 2.39. The molecule has 3 atom stereocenters. The molecule has 12 heteroatoms. The second-order valence-corrected chi connectivity index (χ2v) is 10.7. The van der Waals surface area contributed by atoms with Gasteiger partial charge in [0.05, 0.1) is 13.2 Å². The maximum absolute atomic E-state index is 12.5. The number of anilines is 3. The number of primary amides is 1. The van der Waals surface area contributed by atoms with Crippen molar-refractivity contribution in [3.8, 4) is 17.4 Å². The van der Waals surface area contributed by atoms with Crippen molar-refractivity contribution in [1.82, 2.24) is 19.9 Å². The summed E-state index contributed by atoms with van der Waals surface area (Å²) in [6.45, 7) is 2.62. The number of aromatic nitrogens is 3. The molecule has 2 bridgehead atoms. The summed E-state index contributed by atoms with van der Waals surface area (Å²) < 4.78 is 11.9. The number of nitrogens with two attached hydrogens (primary N) is 1. The molecule has 1 aliphatic carbocycles. The zero-order chi connectivity index (χ0) is 28.3. The van der Waals surface area contributed by atoms with Crippen LogP contribution in [-0.4, -0.2) is 77.4 Å². The molecule has 3 unspecified atom stereocenters. The third kappa shape index (κ3) is 6.23. The van der Waals surface area contributed by atoms with E-state index in [0.717, 1.165) is 12.0 Å². The molecule has 3 fully saturated rings. The Morgan fingerprint density at radius 2 is 1.61 bits per heavy atom. The molecule has 1 aromatic heterocycles. The number of nitrogens with zero attached hydrogens (tertiary/aromatic N) is 5. The number of likely N-dealkylation sites (tertiary alicyclic amines) is 1. The van der Waals surface area contributed by atoms with E-state index in [0.29, 0.717) is 73.0 Å². The Hall–Kier alpha value is -4.29. The van der Waals surface area contributed by atoms with E-state index in [1.807, 2.05) is 12.1 Å². The van der Waals surface area contributed by atoms with Crippen molar-refractivity contribution in [3.63, 3.8) is 0 Å². The maximum Gasteiger partial charge on any atom is 0.323 e. The Kier molecular flexibility index (Phi) is 7.66. The van der Waals surface area contributed by atoms with Crippen molar-refractivity contribution in [2.24, 2.45) is 11.7 Å². The van der Waals surface area contributed by atoms with Crippen molar-refractivity contribution >= 4 is 29.3 Å². The lowest BCUT2D eigenvalue weighted by molar-refractivity contribution is -0.0246. The van der Waals surface area contributed by atoms with Gasteiger partial charge in [-0.2, -0.15) is 15.0 Å². The van der Waals surface area contributed by atoms with Gasteiger partial charge in [-0.25, -0.2) is 4.79 Å². The Morgan fingerprint density at radius 1 is 0.927 bits per heavy atom. The summed E-state index contributed by atoms with van der Waals surface area (Å²) in [7, 11) is 2.12. The van der Waals surface area contributed by atoms with Gasteiger partial charge in [0.15, 0.2) is 12.1 Å². The van der Waals surface area contributed by atoms with Crippen molar-refractivity contribution in [1.29, 1.82) is 0 Å². The molecule has 0 radical (unpaired) electrons. The lowest BCUT2D eigenvalue weighted by Gasteiger charge is -2.37. The number of piperidine rings is 1. The largest absolute Gasteiger partial charge is 0.444 e. The number of hydrogen-bond donors (Lipinski definition) is 3.